The number of hydrogen-bond acceptors (Lipinski definition) is 5. The van der Waals surface area contributed by atoms with Crippen LogP contribution in [0.15, 0.2) is 65.7 Å². The van der Waals surface area contributed by atoms with Crippen LogP contribution in [0.3, 0.4) is 0 Å². The minimum absolute atomic E-state index is 0.239. The van der Waals surface area contributed by atoms with E-state index >= 15 is 0 Å². The molecule has 1 aliphatic rings. The van der Waals surface area contributed by atoms with Gasteiger partial charge in [0.15, 0.2) is 0 Å². The number of nitrogens with one attached hydrogen (secondary N) is 1. The third-order valence-corrected chi connectivity index (χ3v) is 6.11. The Kier molecular flexibility index (Phi) is 6.35. The molecule has 1 aliphatic heterocycles. The third kappa shape index (κ3) is 4.42. The van der Waals surface area contributed by atoms with Crippen LogP contribution in [0, 0.1) is 12.8 Å². The van der Waals surface area contributed by atoms with Gasteiger partial charge in [0.05, 0.1) is 17.9 Å². The van der Waals surface area contributed by atoms with Crippen LogP contribution in [0.2, 0.25) is 5.02 Å². The van der Waals surface area contributed by atoms with E-state index in [2.05, 4.69) is 19.2 Å². The predicted molar refractivity (Wildman–Crippen MR) is 130 cm³/mol. The van der Waals surface area contributed by atoms with Crippen LogP contribution in [-0.4, -0.2) is 18.4 Å². The molecule has 0 spiro atoms. The van der Waals surface area contributed by atoms with Gasteiger partial charge in [0.2, 0.25) is 0 Å². The maximum absolute atomic E-state index is 13.4. The molecule has 2 aromatic carbocycles. The largest absolute Gasteiger partial charge is 0.493 e. The summed E-state index contributed by atoms with van der Waals surface area (Å²) in [5, 5.41) is 5.60. The quantitative estimate of drug-likeness (QED) is 0.425. The van der Waals surface area contributed by atoms with Gasteiger partial charge in [-0.15, -0.1) is 11.3 Å². The summed E-state index contributed by atoms with van der Waals surface area (Å²) < 4.78 is 5.72. The molecule has 7 heteroatoms. The minimum Gasteiger partial charge on any atom is -0.493 e. The number of rotatable bonds is 7. The first-order chi connectivity index (χ1) is 15.3. The average molecular weight is 467 g/mol. The lowest BCUT2D eigenvalue weighted by atomic mass is 10.1. The van der Waals surface area contributed by atoms with E-state index in [-0.39, 0.29) is 11.6 Å². The molecule has 32 heavy (non-hydrogen) atoms. The van der Waals surface area contributed by atoms with Crippen molar-refractivity contribution in [3.05, 3.63) is 81.1 Å². The van der Waals surface area contributed by atoms with Crippen LogP contribution < -0.4 is 15.0 Å². The molecule has 5 nitrogen and oxygen atoms in total. The zero-order valence-electron chi connectivity index (χ0n) is 18.0. The molecule has 0 atom stereocenters. The summed E-state index contributed by atoms with van der Waals surface area (Å²) in [5.74, 6) is 0.322. The highest BCUT2D eigenvalue weighted by molar-refractivity contribution is 7.11. The van der Waals surface area contributed by atoms with Crippen LogP contribution in [0.4, 0.5) is 11.4 Å². The number of anilines is 2. The second-order valence-electron chi connectivity index (χ2n) is 7.96. The number of amides is 2. The highest BCUT2D eigenvalue weighted by Crippen LogP contribution is 2.36. The monoisotopic (exact) mass is 466 g/mol. The second-order valence-corrected chi connectivity index (χ2v) is 9.34. The number of halogens is 1. The summed E-state index contributed by atoms with van der Waals surface area (Å²) in [5.41, 5.74) is 2.68. The maximum Gasteiger partial charge on any atom is 0.282 e. The Morgan fingerprint density at radius 2 is 1.81 bits per heavy atom. The zero-order valence-corrected chi connectivity index (χ0v) is 19.6. The van der Waals surface area contributed by atoms with Gasteiger partial charge < -0.3 is 10.1 Å². The van der Waals surface area contributed by atoms with Gasteiger partial charge >= 0.3 is 0 Å². The zero-order chi connectivity index (χ0) is 22.8. The molecule has 4 rings (SSSR count). The molecular weight excluding hydrogens is 444 g/mol. The Hall–Kier alpha value is -3.09. The second kappa shape index (κ2) is 9.18. The number of benzene rings is 2. The Labute approximate surface area is 196 Å². The molecule has 0 aliphatic carbocycles. The van der Waals surface area contributed by atoms with Crippen LogP contribution in [0.1, 0.15) is 24.3 Å². The van der Waals surface area contributed by atoms with Gasteiger partial charge in [0.25, 0.3) is 11.8 Å². The van der Waals surface area contributed by atoms with Crippen molar-refractivity contribution < 1.29 is 14.3 Å². The number of hydrogen-bond donors (Lipinski definition) is 1. The molecule has 2 amide bonds. The van der Waals surface area contributed by atoms with Crippen LogP contribution >= 0.6 is 22.9 Å². The van der Waals surface area contributed by atoms with Crippen molar-refractivity contribution in [3.8, 4) is 5.75 Å². The fourth-order valence-electron chi connectivity index (χ4n) is 3.35. The van der Waals surface area contributed by atoms with E-state index in [0.29, 0.717) is 40.2 Å². The van der Waals surface area contributed by atoms with Crippen molar-refractivity contribution in [1.29, 1.82) is 0 Å². The molecule has 0 bridgehead atoms. The molecular formula is C25H23ClN2O3S. The van der Waals surface area contributed by atoms with Gasteiger partial charge in [0.1, 0.15) is 11.4 Å². The summed E-state index contributed by atoms with van der Waals surface area (Å²) in [4.78, 5) is 28.8. The van der Waals surface area contributed by atoms with Crippen LogP contribution in [0.25, 0.3) is 5.57 Å². The van der Waals surface area contributed by atoms with Gasteiger partial charge in [-0.3, -0.25) is 9.59 Å². The van der Waals surface area contributed by atoms with Crippen molar-refractivity contribution in [2.45, 2.75) is 20.8 Å². The molecule has 1 N–H and O–H groups in total. The highest BCUT2D eigenvalue weighted by Gasteiger charge is 2.40. The van der Waals surface area contributed by atoms with E-state index in [0.717, 1.165) is 10.4 Å². The normalized spacial score (nSPS) is 14.0. The van der Waals surface area contributed by atoms with Gasteiger partial charge in [-0.1, -0.05) is 37.6 Å². The van der Waals surface area contributed by atoms with E-state index < -0.39 is 5.91 Å². The van der Waals surface area contributed by atoms with Crippen LogP contribution in [0.5, 0.6) is 5.75 Å². The Morgan fingerprint density at radius 3 is 2.47 bits per heavy atom. The van der Waals surface area contributed by atoms with Gasteiger partial charge in [-0.05, 0) is 66.2 Å². The number of thiophene rings is 1. The van der Waals surface area contributed by atoms with Gasteiger partial charge in [-0.25, -0.2) is 4.90 Å². The molecule has 1 aromatic heterocycles. The van der Waals surface area contributed by atoms with Crippen molar-refractivity contribution >= 4 is 51.7 Å². The van der Waals surface area contributed by atoms with E-state index in [4.69, 9.17) is 16.3 Å². The Balaban J connectivity index is 1.69. The van der Waals surface area contributed by atoms with Crippen molar-refractivity contribution in [2.75, 3.05) is 16.8 Å². The smallest absolute Gasteiger partial charge is 0.282 e. The predicted octanol–water partition coefficient (Wildman–Crippen LogP) is 6.14. The van der Waals surface area contributed by atoms with Crippen molar-refractivity contribution in [1.82, 2.24) is 0 Å². The lowest BCUT2D eigenvalue weighted by molar-refractivity contribution is -0.120. The van der Waals surface area contributed by atoms with Gasteiger partial charge in [-0.2, -0.15) is 0 Å². The first-order valence-corrected chi connectivity index (χ1v) is 11.5. The Morgan fingerprint density at radius 1 is 1.06 bits per heavy atom. The average Bonchev–Trinajstić information content (AvgIpc) is 3.36. The number of imide groups is 1. The van der Waals surface area contributed by atoms with E-state index in [1.54, 1.807) is 36.4 Å². The molecule has 0 saturated heterocycles. The fraction of sp³-hybridized carbons (Fsp3) is 0.200. The first kappa shape index (κ1) is 22.1. The van der Waals surface area contributed by atoms with Crippen molar-refractivity contribution in [3.63, 3.8) is 0 Å². The lowest BCUT2D eigenvalue weighted by Crippen LogP contribution is -2.32. The van der Waals surface area contributed by atoms with E-state index in [1.807, 2.05) is 30.5 Å². The SMILES string of the molecule is Cc1ccc(Cl)cc1NC1=C(c2cccs2)C(=O)N(c2ccc(OCC(C)C)cc2)C1=O. The van der Waals surface area contributed by atoms with Gasteiger partial charge in [0, 0.05) is 15.6 Å². The standard InChI is InChI=1S/C25H23ClN2O3S/c1-15(2)14-31-19-10-8-18(9-11-19)28-24(29)22(21-5-4-12-32-21)23(25(28)30)27-20-13-17(26)7-6-16(20)3/h4-13,15,27H,14H2,1-3H3. The maximum atomic E-state index is 13.4. The summed E-state index contributed by atoms with van der Waals surface area (Å²) in [6, 6.07) is 16.1. The number of carbonyl (C=O) groups excluding carboxylic acids is 2. The summed E-state index contributed by atoms with van der Waals surface area (Å²) in [6.45, 7) is 6.66. The molecule has 0 saturated carbocycles. The number of aryl methyl sites for hydroxylation is 1. The summed E-state index contributed by atoms with van der Waals surface area (Å²) >= 11 is 7.57. The number of nitrogens with zero attached hydrogens (tertiary/aromatic N) is 1. The Bertz CT molecular complexity index is 1180. The van der Waals surface area contributed by atoms with Crippen molar-refractivity contribution in [2.24, 2.45) is 5.92 Å². The van der Waals surface area contributed by atoms with E-state index in [9.17, 15) is 9.59 Å². The molecule has 0 radical (unpaired) electrons. The molecule has 2 heterocycles. The number of carbonyl (C=O) groups is 2. The highest BCUT2D eigenvalue weighted by atomic mass is 35.5. The minimum atomic E-state index is -0.409. The first-order valence-electron chi connectivity index (χ1n) is 10.3. The topological polar surface area (TPSA) is 58.6 Å². The molecule has 164 valence electrons. The molecule has 0 unspecified atom stereocenters. The lowest BCUT2D eigenvalue weighted by Gasteiger charge is -2.16. The fourth-order valence-corrected chi connectivity index (χ4v) is 4.29. The third-order valence-electron chi connectivity index (χ3n) is 4.99. The van der Waals surface area contributed by atoms with E-state index in [1.165, 1.54) is 16.2 Å². The number of ether oxygens (including phenoxy) is 1. The summed E-state index contributed by atoms with van der Waals surface area (Å²) in [7, 11) is 0. The molecule has 3 aromatic rings. The summed E-state index contributed by atoms with van der Waals surface area (Å²) in [6.07, 6.45) is 0. The molecule has 0 fully saturated rings. The van der Waals surface area contributed by atoms with Crippen LogP contribution in [-0.2, 0) is 9.59 Å².